The molecule has 0 saturated carbocycles. The Kier molecular flexibility index (Phi) is 5.29. The highest BCUT2D eigenvalue weighted by Crippen LogP contribution is 2.36. The van der Waals surface area contributed by atoms with E-state index in [0.717, 1.165) is 46.3 Å². The van der Waals surface area contributed by atoms with Crippen LogP contribution in [0.2, 0.25) is 0 Å². The Balaban J connectivity index is 1.49. The van der Waals surface area contributed by atoms with E-state index < -0.39 is 0 Å². The van der Waals surface area contributed by atoms with Gasteiger partial charge < -0.3 is 10.3 Å². The van der Waals surface area contributed by atoms with E-state index in [4.69, 9.17) is 0 Å². The molecule has 0 unspecified atom stereocenters. The average Bonchev–Trinajstić information content (AvgIpc) is 3.00. The number of fused-ring (bicyclic) bond motifs is 3. The van der Waals surface area contributed by atoms with E-state index in [1.165, 1.54) is 22.2 Å². The first-order chi connectivity index (χ1) is 13.4. The lowest BCUT2D eigenvalue weighted by molar-refractivity contribution is -0.113. The molecule has 0 aliphatic heterocycles. The van der Waals surface area contributed by atoms with Gasteiger partial charge in [0.05, 0.1) is 11.1 Å². The van der Waals surface area contributed by atoms with E-state index in [1.807, 2.05) is 32.0 Å². The fraction of sp³-hybridized carbons (Fsp3) is 0.381. The molecule has 0 spiro atoms. The number of thiophene rings is 1. The number of aromatic nitrogens is 2. The summed E-state index contributed by atoms with van der Waals surface area (Å²) in [5.74, 6) is 0.741. The second-order valence-electron chi connectivity index (χ2n) is 7.56. The van der Waals surface area contributed by atoms with Crippen LogP contribution >= 0.6 is 23.1 Å². The van der Waals surface area contributed by atoms with Gasteiger partial charge in [-0.1, -0.05) is 36.4 Å². The fourth-order valence-corrected chi connectivity index (χ4v) is 5.77. The van der Waals surface area contributed by atoms with Crippen LogP contribution in [0.25, 0.3) is 10.2 Å². The predicted molar refractivity (Wildman–Crippen MR) is 117 cm³/mol. The average molecular weight is 414 g/mol. The van der Waals surface area contributed by atoms with Gasteiger partial charge in [0.2, 0.25) is 5.91 Å². The maximum Gasteiger partial charge on any atom is 0.260 e. The number of aryl methyl sites for hydroxylation is 3. The van der Waals surface area contributed by atoms with Crippen LogP contribution in [0, 0.1) is 19.8 Å². The van der Waals surface area contributed by atoms with Crippen molar-refractivity contribution in [1.29, 1.82) is 0 Å². The number of nitrogens with zero attached hydrogens (tertiary/aromatic N) is 1. The lowest BCUT2D eigenvalue weighted by Gasteiger charge is -2.17. The number of benzene rings is 1. The first kappa shape index (κ1) is 19.2. The lowest BCUT2D eigenvalue weighted by Crippen LogP contribution is -2.16. The SMILES string of the molecule is Cc1ccc(NC(=O)CSc2nc3sc4c(c3c(=O)[nH]2)CC[C@H](C)C4)c(C)c1. The predicted octanol–water partition coefficient (Wildman–Crippen LogP) is 4.46. The van der Waals surface area contributed by atoms with Crippen molar-refractivity contribution in [3.63, 3.8) is 0 Å². The lowest BCUT2D eigenvalue weighted by atomic mass is 9.89. The molecule has 0 saturated heterocycles. The zero-order valence-corrected chi connectivity index (χ0v) is 17.9. The highest BCUT2D eigenvalue weighted by atomic mass is 32.2. The summed E-state index contributed by atoms with van der Waals surface area (Å²) in [7, 11) is 0. The molecular formula is C21H23N3O2S2. The van der Waals surface area contributed by atoms with Gasteiger partial charge in [0.15, 0.2) is 5.16 Å². The van der Waals surface area contributed by atoms with Gasteiger partial charge in [-0.25, -0.2) is 4.98 Å². The Morgan fingerprint density at radius 1 is 1.39 bits per heavy atom. The Morgan fingerprint density at radius 2 is 2.21 bits per heavy atom. The van der Waals surface area contributed by atoms with Crippen LogP contribution in [0.3, 0.4) is 0 Å². The minimum absolute atomic E-state index is 0.0886. The molecule has 2 aromatic heterocycles. The highest BCUT2D eigenvalue weighted by molar-refractivity contribution is 7.99. The van der Waals surface area contributed by atoms with Crippen molar-refractivity contribution >= 4 is 44.9 Å². The van der Waals surface area contributed by atoms with E-state index >= 15 is 0 Å². The number of nitrogens with one attached hydrogen (secondary N) is 2. The van der Waals surface area contributed by atoms with Crippen molar-refractivity contribution in [2.75, 3.05) is 11.1 Å². The molecule has 1 aliphatic carbocycles. The van der Waals surface area contributed by atoms with E-state index in [-0.39, 0.29) is 17.2 Å². The molecule has 4 rings (SSSR count). The van der Waals surface area contributed by atoms with Gasteiger partial charge in [-0.15, -0.1) is 11.3 Å². The van der Waals surface area contributed by atoms with Crippen molar-refractivity contribution in [1.82, 2.24) is 9.97 Å². The molecule has 7 heteroatoms. The largest absolute Gasteiger partial charge is 0.325 e. The van der Waals surface area contributed by atoms with Crippen LogP contribution in [0.5, 0.6) is 0 Å². The monoisotopic (exact) mass is 413 g/mol. The molecule has 0 radical (unpaired) electrons. The van der Waals surface area contributed by atoms with Gasteiger partial charge in [0.25, 0.3) is 5.56 Å². The van der Waals surface area contributed by atoms with E-state index in [2.05, 4.69) is 22.2 Å². The molecule has 28 heavy (non-hydrogen) atoms. The minimum atomic E-state index is -0.112. The zero-order chi connectivity index (χ0) is 19.8. The molecular weight excluding hydrogens is 390 g/mol. The van der Waals surface area contributed by atoms with Gasteiger partial charge >= 0.3 is 0 Å². The quantitative estimate of drug-likeness (QED) is 0.489. The Morgan fingerprint density at radius 3 is 3.00 bits per heavy atom. The fourth-order valence-electron chi connectivity index (χ4n) is 3.67. The second kappa shape index (κ2) is 7.72. The number of H-pyrrole nitrogens is 1. The second-order valence-corrected chi connectivity index (χ2v) is 9.61. The Bertz CT molecular complexity index is 1120. The molecule has 146 valence electrons. The van der Waals surface area contributed by atoms with E-state index in [0.29, 0.717) is 11.1 Å². The van der Waals surface area contributed by atoms with Crippen molar-refractivity contribution in [2.45, 2.75) is 45.2 Å². The molecule has 1 amide bonds. The summed E-state index contributed by atoms with van der Waals surface area (Å²) in [6, 6.07) is 5.92. The molecule has 2 N–H and O–H groups in total. The van der Waals surface area contributed by atoms with Crippen molar-refractivity contribution in [3.05, 3.63) is 50.1 Å². The molecule has 0 bridgehead atoms. The maximum atomic E-state index is 12.6. The third-order valence-corrected chi connectivity index (χ3v) is 7.16. The van der Waals surface area contributed by atoms with Crippen LogP contribution in [-0.2, 0) is 17.6 Å². The van der Waals surface area contributed by atoms with Crippen LogP contribution in [0.1, 0.15) is 34.9 Å². The van der Waals surface area contributed by atoms with Gasteiger partial charge in [0.1, 0.15) is 4.83 Å². The Hall–Kier alpha value is -2.12. The maximum absolute atomic E-state index is 12.6. The summed E-state index contributed by atoms with van der Waals surface area (Å²) in [4.78, 5) is 34.5. The molecule has 3 aromatic rings. The number of carbonyl (C=O) groups is 1. The molecule has 1 atom stereocenters. The van der Waals surface area contributed by atoms with Crippen LogP contribution in [0.4, 0.5) is 5.69 Å². The summed E-state index contributed by atoms with van der Waals surface area (Å²) in [6.45, 7) is 6.25. The highest BCUT2D eigenvalue weighted by Gasteiger charge is 2.23. The molecule has 1 aromatic carbocycles. The number of aromatic amines is 1. The molecule has 1 aliphatic rings. The topological polar surface area (TPSA) is 74.8 Å². The smallest absolute Gasteiger partial charge is 0.260 e. The Labute approximate surface area is 172 Å². The van der Waals surface area contributed by atoms with Crippen molar-refractivity contribution in [2.24, 2.45) is 5.92 Å². The standard InChI is InChI=1S/C21H23N3O2S2/c1-11-5-7-15(13(3)8-11)22-17(25)10-27-21-23-19(26)18-14-6-4-12(2)9-16(14)28-20(18)24-21/h5,7-8,12H,4,6,9-10H2,1-3H3,(H,22,25)(H,23,24,26)/t12-/m0/s1. The van der Waals surface area contributed by atoms with Crippen molar-refractivity contribution < 1.29 is 4.79 Å². The zero-order valence-electron chi connectivity index (χ0n) is 16.2. The third-order valence-electron chi connectivity index (χ3n) is 5.14. The van der Waals surface area contributed by atoms with Crippen LogP contribution in [0.15, 0.2) is 28.2 Å². The number of carbonyl (C=O) groups excluding carboxylic acids is 1. The first-order valence-corrected chi connectivity index (χ1v) is 11.3. The molecule has 0 fully saturated rings. The van der Waals surface area contributed by atoms with Gasteiger partial charge in [-0.2, -0.15) is 0 Å². The summed E-state index contributed by atoms with van der Waals surface area (Å²) in [6.07, 6.45) is 3.09. The molecule has 5 nitrogen and oxygen atoms in total. The van der Waals surface area contributed by atoms with E-state index in [9.17, 15) is 9.59 Å². The first-order valence-electron chi connectivity index (χ1n) is 9.45. The molecule has 2 heterocycles. The normalized spacial score (nSPS) is 16.2. The number of hydrogen-bond acceptors (Lipinski definition) is 5. The van der Waals surface area contributed by atoms with Gasteiger partial charge in [-0.05, 0) is 56.2 Å². The van der Waals surface area contributed by atoms with Gasteiger partial charge in [0, 0.05) is 10.6 Å². The number of thioether (sulfide) groups is 1. The summed E-state index contributed by atoms with van der Waals surface area (Å²) in [5.41, 5.74) is 4.09. The number of rotatable bonds is 4. The number of hydrogen-bond donors (Lipinski definition) is 2. The number of anilines is 1. The number of amides is 1. The third kappa shape index (κ3) is 3.86. The van der Waals surface area contributed by atoms with Crippen molar-refractivity contribution in [3.8, 4) is 0 Å². The van der Waals surface area contributed by atoms with Crippen LogP contribution < -0.4 is 10.9 Å². The van der Waals surface area contributed by atoms with Crippen LogP contribution in [-0.4, -0.2) is 21.6 Å². The van der Waals surface area contributed by atoms with Gasteiger partial charge in [-0.3, -0.25) is 9.59 Å². The summed E-state index contributed by atoms with van der Waals surface area (Å²) >= 11 is 2.89. The van der Waals surface area contributed by atoms with E-state index in [1.54, 1.807) is 11.3 Å². The minimum Gasteiger partial charge on any atom is -0.325 e. The summed E-state index contributed by atoms with van der Waals surface area (Å²) < 4.78 is 0. The summed E-state index contributed by atoms with van der Waals surface area (Å²) in [5, 5.41) is 4.17.